The summed E-state index contributed by atoms with van der Waals surface area (Å²) in [7, 11) is 0. The third-order valence-corrected chi connectivity index (χ3v) is 9.20. The number of hydrogen-bond donors (Lipinski definition) is 0. The average molecular weight is 708 g/mol. The molecule has 2 aliphatic carbocycles. The number of amides is 4. The lowest BCUT2D eigenvalue weighted by molar-refractivity contribution is -0.133. The van der Waals surface area contributed by atoms with Crippen molar-refractivity contribution in [2.24, 2.45) is 17.8 Å². The van der Waals surface area contributed by atoms with E-state index in [2.05, 4.69) is 29.1 Å². The molecule has 47 heavy (non-hydrogen) atoms. The fraction of sp³-hybridized carbons (Fsp3) is 0.474. The highest BCUT2D eigenvalue weighted by Crippen LogP contribution is 2.37. The van der Waals surface area contributed by atoms with Crippen molar-refractivity contribution in [3.8, 4) is 0 Å². The van der Waals surface area contributed by atoms with E-state index >= 15 is 0 Å². The molecule has 0 unspecified atom stereocenters. The lowest BCUT2D eigenvalue weighted by Gasteiger charge is -2.24. The third-order valence-electron chi connectivity index (χ3n) is 8.74. The summed E-state index contributed by atoms with van der Waals surface area (Å²) < 4.78 is 10.2. The van der Waals surface area contributed by atoms with Crippen molar-refractivity contribution in [3.63, 3.8) is 0 Å². The molecule has 4 amide bonds. The van der Waals surface area contributed by atoms with E-state index in [0.717, 1.165) is 29.3 Å². The smallest absolute Gasteiger partial charge is 0.416 e. The highest BCUT2D eigenvalue weighted by Gasteiger charge is 2.42. The number of alkyl halides is 1. The van der Waals surface area contributed by atoms with Crippen LogP contribution in [0.2, 0.25) is 0 Å². The SMILES string of the molecule is C=CCBr.C=CC[C@@H](CC1CC1)C(=O)N1C(=O)OC[C@@H]1Cc1ccccc1.O=C(CCC1CC1)N1C(=O)OC[C@@H]1Cc1ccccc1. The number of benzene rings is 2. The second-order valence-corrected chi connectivity index (χ2v) is 13.3. The summed E-state index contributed by atoms with van der Waals surface area (Å²) in [6, 6.07) is 19.5. The largest absolute Gasteiger partial charge is 0.447 e. The van der Waals surface area contributed by atoms with Crippen LogP contribution in [0, 0.1) is 17.8 Å². The Kier molecular flexibility index (Phi) is 14.3. The first-order valence-corrected chi connectivity index (χ1v) is 17.8. The van der Waals surface area contributed by atoms with Crippen LogP contribution in [-0.4, -0.2) is 64.4 Å². The van der Waals surface area contributed by atoms with Crippen LogP contribution in [0.1, 0.15) is 62.5 Å². The first-order valence-electron chi connectivity index (χ1n) is 16.7. The van der Waals surface area contributed by atoms with Crippen molar-refractivity contribution in [3.05, 3.63) is 97.1 Å². The lowest BCUT2D eigenvalue weighted by atomic mass is 9.95. The Hall–Kier alpha value is -3.72. The molecule has 6 rings (SSSR count). The van der Waals surface area contributed by atoms with E-state index in [-0.39, 0.29) is 36.4 Å². The van der Waals surface area contributed by atoms with Crippen LogP contribution >= 0.6 is 15.9 Å². The number of halogens is 1. The molecule has 4 fully saturated rings. The number of carbonyl (C=O) groups excluding carboxylic acids is 4. The zero-order valence-electron chi connectivity index (χ0n) is 27.1. The highest BCUT2D eigenvalue weighted by atomic mass is 79.9. The topological polar surface area (TPSA) is 93.2 Å². The van der Waals surface area contributed by atoms with Crippen LogP contribution in [-0.2, 0) is 31.9 Å². The van der Waals surface area contributed by atoms with Crippen LogP contribution in [0.4, 0.5) is 9.59 Å². The number of hydrogen-bond acceptors (Lipinski definition) is 6. The van der Waals surface area contributed by atoms with Gasteiger partial charge in [0.1, 0.15) is 13.2 Å². The Morgan fingerprint density at radius 1 is 0.787 bits per heavy atom. The Labute approximate surface area is 287 Å². The van der Waals surface area contributed by atoms with Gasteiger partial charge in [-0.25, -0.2) is 19.4 Å². The molecule has 3 atom stereocenters. The first kappa shape index (κ1) is 36.1. The van der Waals surface area contributed by atoms with Gasteiger partial charge in [0.2, 0.25) is 11.8 Å². The molecule has 0 aromatic heterocycles. The Morgan fingerprint density at radius 3 is 1.74 bits per heavy atom. The van der Waals surface area contributed by atoms with Gasteiger partial charge in [0, 0.05) is 17.7 Å². The van der Waals surface area contributed by atoms with E-state index in [1.807, 2.05) is 60.7 Å². The van der Waals surface area contributed by atoms with E-state index in [0.29, 0.717) is 44.1 Å². The van der Waals surface area contributed by atoms with Crippen molar-refractivity contribution in [2.75, 3.05) is 18.5 Å². The first-order chi connectivity index (χ1) is 22.8. The number of allylic oxidation sites excluding steroid dienone is 2. The molecule has 252 valence electrons. The van der Waals surface area contributed by atoms with E-state index < -0.39 is 12.2 Å². The average Bonchev–Trinajstić information content (AvgIpc) is 4.02. The van der Waals surface area contributed by atoms with Gasteiger partial charge in [-0.05, 0) is 55.1 Å². The maximum atomic E-state index is 12.9. The standard InChI is InChI=1S/C19H23NO3.C16H19NO3.C3H5Br/c1-2-6-16(11-15-9-10-15)18(21)20-17(13-23-19(20)22)12-14-7-4-3-5-8-14;18-15(9-8-12-6-7-12)17-14(11-20-16(17)19)10-13-4-2-1-3-5-13;1-2-3-4/h2-5,7-8,15-17H,1,6,9-13H2;1-5,12,14H,6-11H2;2H,1,3H2/t16-,17-;14-;/m00./s1. The van der Waals surface area contributed by atoms with Gasteiger partial charge in [0.15, 0.2) is 0 Å². The summed E-state index contributed by atoms with van der Waals surface area (Å²) in [5.41, 5.74) is 2.23. The fourth-order valence-corrected chi connectivity index (χ4v) is 5.88. The predicted molar refractivity (Wildman–Crippen MR) is 186 cm³/mol. The Morgan fingerprint density at radius 2 is 1.28 bits per heavy atom. The minimum atomic E-state index is -0.499. The van der Waals surface area contributed by atoms with Gasteiger partial charge < -0.3 is 9.47 Å². The predicted octanol–water partition coefficient (Wildman–Crippen LogP) is 7.90. The van der Waals surface area contributed by atoms with Crippen molar-refractivity contribution >= 4 is 39.9 Å². The van der Waals surface area contributed by atoms with Crippen molar-refractivity contribution in [1.29, 1.82) is 0 Å². The van der Waals surface area contributed by atoms with Gasteiger partial charge in [-0.15, -0.1) is 13.2 Å². The van der Waals surface area contributed by atoms with Gasteiger partial charge in [-0.1, -0.05) is 114 Å². The number of cyclic esters (lactones) is 2. The fourth-order valence-electron chi connectivity index (χ4n) is 5.88. The molecular formula is C38H47BrN2O6. The van der Waals surface area contributed by atoms with Crippen molar-refractivity contribution < 1.29 is 28.7 Å². The minimum absolute atomic E-state index is 0.0830. The third kappa shape index (κ3) is 11.5. The summed E-state index contributed by atoms with van der Waals surface area (Å²) in [6.07, 6.45) is 11.6. The second-order valence-electron chi connectivity index (χ2n) is 12.6. The molecule has 2 heterocycles. The van der Waals surface area contributed by atoms with Gasteiger partial charge >= 0.3 is 12.2 Å². The van der Waals surface area contributed by atoms with E-state index in [1.165, 1.54) is 35.5 Å². The van der Waals surface area contributed by atoms with E-state index in [1.54, 1.807) is 12.2 Å². The molecule has 2 saturated carbocycles. The number of ether oxygens (including phenoxy) is 2. The number of imide groups is 2. The maximum absolute atomic E-state index is 12.9. The van der Waals surface area contributed by atoms with Gasteiger partial charge in [-0.2, -0.15) is 0 Å². The van der Waals surface area contributed by atoms with Gasteiger partial charge in [-0.3, -0.25) is 9.59 Å². The second kappa shape index (κ2) is 18.6. The molecule has 0 radical (unpaired) electrons. The molecule has 4 aliphatic rings. The monoisotopic (exact) mass is 706 g/mol. The Balaban J connectivity index is 0.000000193. The van der Waals surface area contributed by atoms with E-state index in [4.69, 9.17) is 9.47 Å². The molecule has 9 heteroatoms. The maximum Gasteiger partial charge on any atom is 0.416 e. The normalized spacial score (nSPS) is 20.5. The molecule has 2 saturated heterocycles. The molecular weight excluding hydrogens is 660 g/mol. The van der Waals surface area contributed by atoms with Crippen LogP contribution in [0.25, 0.3) is 0 Å². The summed E-state index contributed by atoms with van der Waals surface area (Å²) in [4.78, 5) is 51.6. The van der Waals surface area contributed by atoms with Crippen LogP contribution in [0.3, 0.4) is 0 Å². The zero-order chi connectivity index (χ0) is 33.6. The summed E-state index contributed by atoms with van der Waals surface area (Å²) in [5.74, 6) is 1.00. The molecule has 8 nitrogen and oxygen atoms in total. The van der Waals surface area contributed by atoms with Crippen LogP contribution in [0.15, 0.2) is 86.0 Å². The molecule has 0 spiro atoms. The quantitative estimate of drug-likeness (QED) is 0.155. The molecule has 2 aliphatic heterocycles. The van der Waals surface area contributed by atoms with Gasteiger partial charge in [0.25, 0.3) is 0 Å². The summed E-state index contributed by atoms with van der Waals surface area (Å²) in [6.45, 7) is 7.78. The number of carbonyl (C=O) groups is 4. The molecule has 0 N–H and O–H groups in total. The van der Waals surface area contributed by atoms with Crippen molar-refractivity contribution in [2.45, 2.75) is 76.3 Å². The van der Waals surface area contributed by atoms with Gasteiger partial charge in [0.05, 0.1) is 12.1 Å². The number of rotatable bonds is 13. The van der Waals surface area contributed by atoms with Crippen LogP contribution < -0.4 is 0 Å². The zero-order valence-corrected chi connectivity index (χ0v) is 28.7. The minimum Gasteiger partial charge on any atom is -0.447 e. The lowest BCUT2D eigenvalue weighted by Crippen LogP contribution is -2.43. The molecule has 2 aromatic carbocycles. The van der Waals surface area contributed by atoms with Crippen molar-refractivity contribution in [1.82, 2.24) is 9.80 Å². The summed E-state index contributed by atoms with van der Waals surface area (Å²) in [5, 5.41) is 0.896. The molecule has 2 aromatic rings. The van der Waals surface area contributed by atoms with Crippen LogP contribution in [0.5, 0.6) is 0 Å². The highest BCUT2D eigenvalue weighted by molar-refractivity contribution is 9.09. The molecule has 0 bridgehead atoms. The number of nitrogens with zero attached hydrogens (tertiary/aromatic N) is 2. The van der Waals surface area contributed by atoms with E-state index in [9.17, 15) is 19.2 Å². The summed E-state index contributed by atoms with van der Waals surface area (Å²) >= 11 is 3.13. The Bertz CT molecular complexity index is 1340.